The van der Waals surface area contributed by atoms with E-state index in [0.29, 0.717) is 34.7 Å². The molecule has 0 atom stereocenters. The number of amides is 1. The van der Waals surface area contributed by atoms with Gasteiger partial charge in [-0.15, -0.1) is 5.10 Å². The SMILES string of the molecule is Cn1nnnc1SCC(=O)Nc1ccccc1Cc1nc(-c2ccco2)no1. The van der Waals surface area contributed by atoms with Crippen molar-refractivity contribution in [2.75, 3.05) is 11.1 Å². The van der Waals surface area contributed by atoms with Gasteiger partial charge in [-0.25, -0.2) is 4.68 Å². The lowest BCUT2D eigenvalue weighted by Crippen LogP contribution is -2.16. The molecular weight excluding hydrogens is 382 g/mol. The second-order valence-electron chi connectivity index (χ2n) is 5.74. The van der Waals surface area contributed by atoms with E-state index >= 15 is 0 Å². The maximum Gasteiger partial charge on any atom is 0.238 e. The molecule has 4 aromatic rings. The Morgan fingerprint density at radius 3 is 2.93 bits per heavy atom. The number of nitrogens with zero attached hydrogens (tertiary/aromatic N) is 6. The van der Waals surface area contributed by atoms with Gasteiger partial charge in [-0.3, -0.25) is 4.79 Å². The number of para-hydroxylation sites is 1. The van der Waals surface area contributed by atoms with Gasteiger partial charge >= 0.3 is 0 Å². The van der Waals surface area contributed by atoms with Crippen LogP contribution in [0.4, 0.5) is 5.69 Å². The summed E-state index contributed by atoms with van der Waals surface area (Å²) in [6.45, 7) is 0. The highest BCUT2D eigenvalue weighted by Crippen LogP contribution is 2.22. The van der Waals surface area contributed by atoms with Crippen LogP contribution in [0, 0.1) is 0 Å². The minimum Gasteiger partial charge on any atom is -0.461 e. The van der Waals surface area contributed by atoms with Crippen molar-refractivity contribution in [2.45, 2.75) is 11.6 Å². The summed E-state index contributed by atoms with van der Waals surface area (Å²) in [5.41, 5.74) is 1.54. The number of hydrogen-bond acceptors (Lipinski definition) is 9. The summed E-state index contributed by atoms with van der Waals surface area (Å²) in [6.07, 6.45) is 1.93. The van der Waals surface area contributed by atoms with Gasteiger partial charge in [-0.1, -0.05) is 35.1 Å². The van der Waals surface area contributed by atoms with E-state index in [0.717, 1.165) is 5.56 Å². The Morgan fingerprint density at radius 1 is 1.25 bits per heavy atom. The third-order valence-corrected chi connectivity index (χ3v) is 4.77. The van der Waals surface area contributed by atoms with E-state index < -0.39 is 0 Å². The predicted molar refractivity (Wildman–Crippen MR) is 99.4 cm³/mol. The number of aromatic nitrogens is 6. The second-order valence-corrected chi connectivity index (χ2v) is 6.69. The number of benzene rings is 1. The number of furan rings is 1. The second kappa shape index (κ2) is 8.05. The van der Waals surface area contributed by atoms with Crippen LogP contribution >= 0.6 is 11.8 Å². The molecule has 0 saturated carbocycles. The zero-order valence-corrected chi connectivity index (χ0v) is 15.6. The van der Waals surface area contributed by atoms with E-state index in [1.165, 1.54) is 16.4 Å². The van der Waals surface area contributed by atoms with Gasteiger partial charge in [-0.05, 0) is 34.2 Å². The maximum absolute atomic E-state index is 12.3. The van der Waals surface area contributed by atoms with E-state index in [4.69, 9.17) is 8.94 Å². The first-order valence-electron chi connectivity index (χ1n) is 8.28. The highest BCUT2D eigenvalue weighted by Gasteiger charge is 2.14. The van der Waals surface area contributed by atoms with Crippen LogP contribution < -0.4 is 5.32 Å². The number of rotatable bonds is 7. The van der Waals surface area contributed by atoms with Gasteiger partial charge in [0.2, 0.25) is 22.8 Å². The minimum atomic E-state index is -0.165. The zero-order chi connectivity index (χ0) is 19.3. The van der Waals surface area contributed by atoms with Crippen LogP contribution in [-0.2, 0) is 18.3 Å². The lowest BCUT2D eigenvalue weighted by Gasteiger charge is -2.09. The van der Waals surface area contributed by atoms with E-state index in [1.807, 2.05) is 24.3 Å². The maximum atomic E-state index is 12.3. The third kappa shape index (κ3) is 4.09. The number of anilines is 1. The monoisotopic (exact) mass is 397 g/mol. The topological polar surface area (TPSA) is 125 Å². The highest BCUT2D eigenvalue weighted by atomic mass is 32.2. The summed E-state index contributed by atoms with van der Waals surface area (Å²) in [4.78, 5) is 16.6. The summed E-state index contributed by atoms with van der Waals surface area (Å²) in [5.74, 6) is 1.36. The molecule has 11 heteroatoms. The Hall–Kier alpha value is -3.47. The lowest BCUT2D eigenvalue weighted by atomic mass is 10.1. The number of carbonyl (C=O) groups is 1. The molecule has 0 saturated heterocycles. The molecule has 0 aliphatic rings. The molecule has 1 N–H and O–H groups in total. The standard InChI is InChI=1S/C17H15N7O3S/c1-24-17(20-22-23-24)28-10-14(25)18-12-6-3-2-5-11(12)9-15-19-16(21-27-15)13-7-4-8-26-13/h2-8H,9-10H2,1H3,(H,18,25). The summed E-state index contributed by atoms with van der Waals surface area (Å²) in [6, 6.07) is 11.0. The summed E-state index contributed by atoms with van der Waals surface area (Å²) >= 11 is 1.26. The van der Waals surface area contributed by atoms with Crippen molar-refractivity contribution in [1.82, 2.24) is 30.3 Å². The van der Waals surface area contributed by atoms with Gasteiger partial charge < -0.3 is 14.3 Å². The van der Waals surface area contributed by atoms with Gasteiger partial charge in [0.1, 0.15) is 0 Å². The molecule has 0 spiro atoms. The van der Waals surface area contributed by atoms with Crippen LogP contribution in [-0.4, -0.2) is 42.0 Å². The number of nitrogens with one attached hydrogen (secondary N) is 1. The van der Waals surface area contributed by atoms with Crippen molar-refractivity contribution in [2.24, 2.45) is 7.05 Å². The fraction of sp³-hybridized carbons (Fsp3) is 0.176. The van der Waals surface area contributed by atoms with Crippen LogP contribution in [0.15, 0.2) is 56.8 Å². The van der Waals surface area contributed by atoms with Crippen molar-refractivity contribution in [1.29, 1.82) is 0 Å². The highest BCUT2D eigenvalue weighted by molar-refractivity contribution is 7.99. The molecule has 4 rings (SSSR count). The largest absolute Gasteiger partial charge is 0.461 e. The van der Waals surface area contributed by atoms with Crippen molar-refractivity contribution in [3.63, 3.8) is 0 Å². The smallest absolute Gasteiger partial charge is 0.238 e. The minimum absolute atomic E-state index is 0.165. The first-order chi connectivity index (χ1) is 13.7. The Labute approximate surface area is 163 Å². The number of aryl methyl sites for hydroxylation is 1. The lowest BCUT2D eigenvalue weighted by molar-refractivity contribution is -0.113. The molecule has 1 aromatic carbocycles. The van der Waals surface area contributed by atoms with E-state index in [1.54, 1.807) is 25.4 Å². The molecule has 142 valence electrons. The first kappa shape index (κ1) is 17.9. The number of carbonyl (C=O) groups excluding carboxylic acids is 1. The van der Waals surface area contributed by atoms with Gasteiger partial charge in [0.05, 0.1) is 18.4 Å². The summed E-state index contributed by atoms with van der Waals surface area (Å²) in [7, 11) is 1.72. The van der Waals surface area contributed by atoms with Crippen LogP contribution in [0.25, 0.3) is 11.6 Å². The Morgan fingerprint density at radius 2 is 2.14 bits per heavy atom. The Kier molecular flexibility index (Phi) is 5.15. The van der Waals surface area contributed by atoms with Gasteiger partial charge in [0.15, 0.2) is 5.76 Å². The van der Waals surface area contributed by atoms with Gasteiger partial charge in [0, 0.05) is 12.7 Å². The predicted octanol–water partition coefficient (Wildman–Crippen LogP) is 2.17. The fourth-order valence-electron chi connectivity index (χ4n) is 2.45. The quantitative estimate of drug-likeness (QED) is 0.467. The molecule has 10 nitrogen and oxygen atoms in total. The van der Waals surface area contributed by atoms with Gasteiger partial charge in [0.25, 0.3) is 0 Å². The molecule has 0 unspecified atom stereocenters. The number of tetrazole rings is 1. The summed E-state index contributed by atoms with van der Waals surface area (Å²) < 4.78 is 12.1. The molecule has 28 heavy (non-hydrogen) atoms. The van der Waals surface area contributed by atoms with Crippen LogP contribution in [0.2, 0.25) is 0 Å². The van der Waals surface area contributed by atoms with Crippen molar-refractivity contribution in [3.8, 4) is 11.6 Å². The van der Waals surface area contributed by atoms with E-state index in [9.17, 15) is 4.79 Å². The first-order valence-corrected chi connectivity index (χ1v) is 9.27. The molecule has 0 radical (unpaired) electrons. The average molecular weight is 397 g/mol. The summed E-state index contributed by atoms with van der Waals surface area (Å²) in [5, 5.41) is 18.5. The third-order valence-electron chi connectivity index (χ3n) is 3.76. The van der Waals surface area contributed by atoms with Crippen LogP contribution in [0.1, 0.15) is 11.5 Å². The zero-order valence-electron chi connectivity index (χ0n) is 14.8. The van der Waals surface area contributed by atoms with Crippen molar-refractivity contribution < 1.29 is 13.7 Å². The number of thioether (sulfide) groups is 1. The van der Waals surface area contributed by atoms with E-state index in [2.05, 4.69) is 31.0 Å². The molecule has 0 bridgehead atoms. The van der Waals surface area contributed by atoms with Crippen molar-refractivity contribution in [3.05, 3.63) is 54.1 Å². The molecule has 1 amide bonds. The molecule has 3 aromatic heterocycles. The van der Waals surface area contributed by atoms with Gasteiger partial charge in [-0.2, -0.15) is 4.98 Å². The van der Waals surface area contributed by atoms with Crippen LogP contribution in [0.3, 0.4) is 0 Å². The Balaban J connectivity index is 1.42. The number of hydrogen-bond donors (Lipinski definition) is 1. The molecule has 0 aliphatic carbocycles. The fourth-order valence-corrected chi connectivity index (χ4v) is 3.10. The van der Waals surface area contributed by atoms with E-state index in [-0.39, 0.29) is 11.7 Å². The Bertz CT molecular complexity index is 1070. The van der Waals surface area contributed by atoms with Crippen molar-refractivity contribution >= 4 is 23.4 Å². The average Bonchev–Trinajstić information content (AvgIpc) is 3.43. The molecule has 0 aliphatic heterocycles. The molecular formula is C17H15N7O3S. The molecule has 3 heterocycles. The van der Waals surface area contributed by atoms with Crippen LogP contribution in [0.5, 0.6) is 0 Å². The normalized spacial score (nSPS) is 10.9. The molecule has 0 fully saturated rings.